The van der Waals surface area contributed by atoms with Crippen LogP contribution < -0.4 is 10.2 Å². The molecule has 0 bridgehead atoms. The van der Waals surface area contributed by atoms with Crippen LogP contribution in [0.15, 0.2) is 30.7 Å². The summed E-state index contributed by atoms with van der Waals surface area (Å²) in [6, 6.07) is 3.92. The number of aromatic amines is 1. The first-order valence-corrected chi connectivity index (χ1v) is 9.33. The van der Waals surface area contributed by atoms with Gasteiger partial charge in [0.2, 0.25) is 11.8 Å². The number of aliphatic carboxylic acids is 1. The lowest BCUT2D eigenvalue weighted by atomic mass is 9.77. The number of hydrogen-bond acceptors (Lipinski definition) is 5. The molecule has 0 radical (unpaired) electrons. The van der Waals surface area contributed by atoms with E-state index in [4.69, 9.17) is 23.2 Å². The monoisotopic (exact) mass is 422 g/mol. The molecule has 2 aromatic rings. The quantitative estimate of drug-likeness (QED) is 0.647. The molecule has 1 aromatic heterocycles. The van der Waals surface area contributed by atoms with Crippen LogP contribution in [0.5, 0.6) is 0 Å². The van der Waals surface area contributed by atoms with Gasteiger partial charge in [-0.2, -0.15) is 0 Å². The minimum absolute atomic E-state index is 0.0188. The zero-order valence-corrected chi connectivity index (χ0v) is 16.2. The molecule has 3 N–H and O–H groups in total. The van der Waals surface area contributed by atoms with Crippen molar-refractivity contribution in [1.82, 2.24) is 15.3 Å². The third kappa shape index (κ3) is 2.63. The molecule has 2 amide bonds. The average Bonchev–Trinajstić information content (AvgIpc) is 3.29. The summed E-state index contributed by atoms with van der Waals surface area (Å²) in [5.41, 5.74) is -0.897. The van der Waals surface area contributed by atoms with E-state index in [1.54, 1.807) is 6.92 Å². The Hall–Kier alpha value is -2.42. The molecule has 0 aliphatic carbocycles. The molecule has 1 aromatic carbocycles. The summed E-state index contributed by atoms with van der Waals surface area (Å²) in [7, 11) is 0. The molecule has 2 unspecified atom stereocenters. The van der Waals surface area contributed by atoms with Gasteiger partial charge in [0.25, 0.3) is 0 Å². The molecule has 10 heteroatoms. The number of carboxylic acid groups (broad SMARTS) is 1. The van der Waals surface area contributed by atoms with Crippen molar-refractivity contribution in [3.63, 3.8) is 0 Å². The highest BCUT2D eigenvalue weighted by molar-refractivity contribution is 6.38. The van der Waals surface area contributed by atoms with Crippen LogP contribution in [-0.4, -0.2) is 44.4 Å². The Bertz CT molecular complexity index is 980. The second-order valence-corrected chi connectivity index (χ2v) is 7.92. The van der Waals surface area contributed by atoms with E-state index >= 15 is 0 Å². The van der Waals surface area contributed by atoms with Gasteiger partial charge < -0.3 is 10.1 Å². The van der Waals surface area contributed by atoms with Gasteiger partial charge in [-0.25, -0.2) is 9.88 Å². The van der Waals surface area contributed by atoms with Crippen molar-refractivity contribution in [2.75, 3.05) is 4.90 Å². The highest BCUT2D eigenvalue weighted by Gasteiger charge is 2.67. The number of imide groups is 1. The summed E-state index contributed by atoms with van der Waals surface area (Å²) in [5, 5.41) is 13.6. The van der Waals surface area contributed by atoms with Crippen LogP contribution in [0.1, 0.15) is 12.6 Å². The van der Waals surface area contributed by atoms with Gasteiger partial charge in [-0.05, 0) is 25.1 Å². The third-order valence-corrected chi connectivity index (χ3v) is 6.00. The number of amides is 2. The first-order valence-electron chi connectivity index (χ1n) is 8.57. The van der Waals surface area contributed by atoms with Crippen LogP contribution >= 0.6 is 23.2 Å². The van der Waals surface area contributed by atoms with Crippen LogP contribution in [0.25, 0.3) is 0 Å². The second kappa shape index (κ2) is 6.58. The Kier molecular flexibility index (Phi) is 4.45. The van der Waals surface area contributed by atoms with Gasteiger partial charge in [0, 0.05) is 29.4 Å². The summed E-state index contributed by atoms with van der Waals surface area (Å²) in [5.74, 6) is -4.18. The fourth-order valence-corrected chi connectivity index (χ4v) is 4.80. The van der Waals surface area contributed by atoms with E-state index in [9.17, 15) is 19.5 Å². The van der Waals surface area contributed by atoms with E-state index in [0.717, 1.165) is 4.90 Å². The Morgan fingerprint density at radius 1 is 1.32 bits per heavy atom. The molecule has 2 saturated heterocycles. The first kappa shape index (κ1) is 18.9. The summed E-state index contributed by atoms with van der Waals surface area (Å²) in [6.45, 7) is 1.70. The number of H-pyrrole nitrogens is 1. The Morgan fingerprint density at radius 3 is 2.68 bits per heavy atom. The van der Waals surface area contributed by atoms with E-state index in [1.165, 1.54) is 30.7 Å². The Balaban J connectivity index is 1.80. The van der Waals surface area contributed by atoms with Crippen molar-refractivity contribution in [2.45, 2.75) is 24.9 Å². The topological polar surface area (TPSA) is 115 Å². The van der Waals surface area contributed by atoms with Crippen molar-refractivity contribution in [3.05, 3.63) is 46.5 Å². The van der Waals surface area contributed by atoms with Crippen molar-refractivity contribution in [3.8, 4) is 0 Å². The van der Waals surface area contributed by atoms with Gasteiger partial charge in [-0.3, -0.25) is 19.7 Å². The van der Waals surface area contributed by atoms with E-state index in [1.807, 2.05) is 0 Å². The minimum Gasteiger partial charge on any atom is -0.480 e. The van der Waals surface area contributed by atoms with E-state index in [0.29, 0.717) is 10.7 Å². The van der Waals surface area contributed by atoms with Crippen LogP contribution in [-0.2, 0) is 20.8 Å². The van der Waals surface area contributed by atoms with Gasteiger partial charge in [-0.15, -0.1) is 0 Å². The van der Waals surface area contributed by atoms with Gasteiger partial charge in [0.15, 0.2) is 0 Å². The number of carbonyl (C=O) groups excluding carboxylic acids is 2. The molecular formula is C18H16Cl2N4O4. The number of hydrogen-bond donors (Lipinski definition) is 3. The largest absolute Gasteiger partial charge is 0.480 e. The predicted octanol–water partition coefficient (Wildman–Crippen LogP) is 1.88. The second-order valence-electron chi connectivity index (χ2n) is 7.07. The number of aromatic nitrogens is 2. The number of carbonyl (C=O) groups is 3. The van der Waals surface area contributed by atoms with Crippen molar-refractivity contribution < 1.29 is 19.5 Å². The number of fused-ring (bicyclic) bond motifs is 1. The number of halogens is 2. The fourth-order valence-electron chi connectivity index (χ4n) is 4.31. The number of rotatable bonds is 4. The van der Waals surface area contributed by atoms with Crippen molar-refractivity contribution >= 4 is 46.7 Å². The highest BCUT2D eigenvalue weighted by atomic mass is 35.5. The maximum atomic E-state index is 13.3. The number of carboxylic acids is 1. The molecule has 2 aliphatic rings. The summed E-state index contributed by atoms with van der Waals surface area (Å²) < 4.78 is 0. The zero-order valence-electron chi connectivity index (χ0n) is 14.6. The molecule has 8 nitrogen and oxygen atoms in total. The lowest BCUT2D eigenvalue weighted by molar-refractivity contribution is -0.148. The number of benzene rings is 1. The van der Waals surface area contributed by atoms with Gasteiger partial charge >= 0.3 is 5.97 Å². The van der Waals surface area contributed by atoms with E-state index < -0.39 is 41.2 Å². The van der Waals surface area contributed by atoms with Crippen molar-refractivity contribution in [1.29, 1.82) is 0 Å². The normalized spacial score (nSPS) is 29.4. The molecule has 2 fully saturated rings. The fraction of sp³-hybridized carbons (Fsp3) is 0.333. The first-order chi connectivity index (χ1) is 13.3. The van der Waals surface area contributed by atoms with Crippen LogP contribution in [0.2, 0.25) is 10.0 Å². The summed E-state index contributed by atoms with van der Waals surface area (Å²) in [4.78, 5) is 46.5. The van der Waals surface area contributed by atoms with Crippen LogP contribution in [0, 0.1) is 11.8 Å². The van der Waals surface area contributed by atoms with Gasteiger partial charge in [0.1, 0.15) is 5.54 Å². The number of anilines is 1. The lowest BCUT2D eigenvalue weighted by Crippen LogP contribution is -2.58. The predicted molar refractivity (Wildman–Crippen MR) is 101 cm³/mol. The van der Waals surface area contributed by atoms with Gasteiger partial charge in [-0.1, -0.05) is 23.2 Å². The Labute approximate surface area is 169 Å². The molecule has 146 valence electrons. The highest BCUT2D eigenvalue weighted by Crippen LogP contribution is 2.46. The summed E-state index contributed by atoms with van der Waals surface area (Å²) in [6.07, 6.45) is 2.91. The van der Waals surface area contributed by atoms with Crippen molar-refractivity contribution in [2.24, 2.45) is 11.8 Å². The smallest absolute Gasteiger partial charge is 0.325 e. The number of imidazole rings is 1. The van der Waals surface area contributed by atoms with Crippen LogP contribution in [0.3, 0.4) is 0 Å². The zero-order chi connectivity index (χ0) is 20.2. The maximum Gasteiger partial charge on any atom is 0.325 e. The van der Waals surface area contributed by atoms with E-state index in [2.05, 4.69) is 15.3 Å². The standard InChI is InChI=1S/C18H16Cl2N4O4/c1-8-13-14(18(23-8,17(27)28)5-10-6-21-7-22-10)16(26)24(15(13)25)12-3-2-9(19)4-11(12)20/h2-4,6-8,13-14,23H,5H2,1H3,(H,21,22)(H,27,28)/t8?,13-,14+,18?/m0/s1. The number of nitrogens with zero attached hydrogens (tertiary/aromatic N) is 2. The minimum atomic E-state index is -1.64. The molecular weight excluding hydrogens is 407 g/mol. The van der Waals surface area contributed by atoms with E-state index in [-0.39, 0.29) is 17.1 Å². The molecule has 3 heterocycles. The average molecular weight is 423 g/mol. The van der Waals surface area contributed by atoms with Gasteiger partial charge in [0.05, 0.1) is 28.9 Å². The molecule has 4 rings (SSSR count). The van der Waals surface area contributed by atoms with Crippen LogP contribution in [0.4, 0.5) is 5.69 Å². The maximum absolute atomic E-state index is 13.3. The lowest BCUT2D eigenvalue weighted by Gasteiger charge is -2.30. The SMILES string of the molecule is CC1NC(Cc2cnc[nH]2)(C(=O)O)[C@H]2C(=O)N(c3ccc(Cl)cc3Cl)C(=O)[C@@H]12. The molecule has 0 spiro atoms. The molecule has 0 saturated carbocycles. The summed E-state index contributed by atoms with van der Waals surface area (Å²) >= 11 is 12.1. The number of nitrogens with one attached hydrogen (secondary N) is 2. The third-order valence-electron chi connectivity index (χ3n) is 5.46. The molecule has 4 atom stereocenters. The molecule has 2 aliphatic heterocycles. The Morgan fingerprint density at radius 2 is 2.07 bits per heavy atom. The molecule has 28 heavy (non-hydrogen) atoms.